The summed E-state index contributed by atoms with van der Waals surface area (Å²) < 4.78 is 18.0. The van der Waals surface area contributed by atoms with E-state index in [4.69, 9.17) is 14.2 Å². The van der Waals surface area contributed by atoms with Crippen LogP contribution < -0.4 is 16.0 Å². The normalized spacial score (nSPS) is 42.8. The molecule has 3 fully saturated rings. The lowest BCUT2D eigenvalue weighted by atomic mass is 9.79. The van der Waals surface area contributed by atoms with Crippen LogP contribution in [0.4, 0.5) is 0 Å². The SMILES string of the molecule is CN[C@@H]1[C@H](O)[C@H](NC)C2O[C@]3(O)C(OC2[C@@H]1O)O[C@H](C)C[C@H]3NC(=O)CCc1cccnc1. The number of fused-ring (bicyclic) bond motifs is 2. The second-order valence-electron chi connectivity index (χ2n) is 9.04. The number of nitrogens with zero attached hydrogens (tertiary/aromatic N) is 1. The molecule has 3 unspecified atom stereocenters. The maximum Gasteiger partial charge on any atom is 0.239 e. The van der Waals surface area contributed by atoms with Crippen LogP contribution in [0.15, 0.2) is 24.5 Å². The fraction of sp³-hybridized carbons (Fsp3) is 0.727. The molecule has 1 aromatic heterocycles. The summed E-state index contributed by atoms with van der Waals surface area (Å²) in [5.41, 5.74) is 0.936. The summed E-state index contributed by atoms with van der Waals surface area (Å²) in [6.07, 6.45) is -0.974. The Bertz CT molecular complexity index is 817. The molecule has 11 heteroatoms. The van der Waals surface area contributed by atoms with Crippen molar-refractivity contribution in [2.45, 2.75) is 86.9 Å². The predicted octanol–water partition coefficient (Wildman–Crippen LogP) is -1.98. The van der Waals surface area contributed by atoms with Crippen LogP contribution in [0, 0.1) is 0 Å². The number of likely N-dealkylation sites (N-methyl/N-ethyl adjacent to an activating group) is 2. The zero-order valence-corrected chi connectivity index (χ0v) is 19.0. The average molecular weight is 467 g/mol. The van der Waals surface area contributed by atoms with E-state index in [0.717, 1.165) is 5.56 Å². The van der Waals surface area contributed by atoms with E-state index >= 15 is 0 Å². The fourth-order valence-corrected chi connectivity index (χ4v) is 5.09. The van der Waals surface area contributed by atoms with E-state index in [-0.39, 0.29) is 18.4 Å². The van der Waals surface area contributed by atoms with Gasteiger partial charge in [-0.25, -0.2) is 0 Å². The van der Waals surface area contributed by atoms with Crippen molar-refractivity contribution in [3.8, 4) is 0 Å². The van der Waals surface area contributed by atoms with Gasteiger partial charge in [0, 0.05) is 18.8 Å². The highest BCUT2D eigenvalue weighted by Gasteiger charge is 2.63. The molecule has 2 saturated heterocycles. The number of pyridine rings is 1. The largest absolute Gasteiger partial charge is 0.390 e. The van der Waals surface area contributed by atoms with Crippen molar-refractivity contribution in [3.05, 3.63) is 30.1 Å². The molecular formula is C22H34N4O7. The fourth-order valence-electron chi connectivity index (χ4n) is 5.09. The summed E-state index contributed by atoms with van der Waals surface area (Å²) in [5, 5.41) is 41.9. The molecule has 1 amide bonds. The number of carbonyl (C=O) groups is 1. The number of hydrogen-bond acceptors (Lipinski definition) is 10. The van der Waals surface area contributed by atoms with Gasteiger partial charge in [0.05, 0.1) is 30.3 Å². The molecule has 184 valence electrons. The predicted molar refractivity (Wildman–Crippen MR) is 116 cm³/mol. The van der Waals surface area contributed by atoms with E-state index in [1.807, 2.05) is 19.1 Å². The van der Waals surface area contributed by atoms with E-state index in [1.54, 1.807) is 26.5 Å². The number of nitrogens with one attached hydrogen (secondary N) is 3. The van der Waals surface area contributed by atoms with Gasteiger partial charge >= 0.3 is 0 Å². The molecule has 0 spiro atoms. The lowest BCUT2D eigenvalue weighted by Crippen LogP contribution is -2.79. The molecule has 1 aromatic rings. The van der Waals surface area contributed by atoms with Gasteiger partial charge in [-0.15, -0.1) is 0 Å². The molecule has 33 heavy (non-hydrogen) atoms. The molecule has 4 rings (SSSR count). The van der Waals surface area contributed by atoms with Gasteiger partial charge in [0.1, 0.15) is 18.3 Å². The summed E-state index contributed by atoms with van der Waals surface area (Å²) in [5.74, 6) is -2.24. The molecule has 1 aliphatic carbocycles. The molecule has 0 aromatic carbocycles. The molecule has 11 nitrogen and oxygen atoms in total. The minimum atomic E-state index is -1.99. The summed E-state index contributed by atoms with van der Waals surface area (Å²) in [4.78, 5) is 16.8. The monoisotopic (exact) mass is 466 g/mol. The van der Waals surface area contributed by atoms with Crippen LogP contribution in [0.5, 0.6) is 0 Å². The van der Waals surface area contributed by atoms with Gasteiger partial charge in [-0.05, 0) is 45.5 Å². The van der Waals surface area contributed by atoms with Crippen molar-refractivity contribution in [2.24, 2.45) is 0 Å². The molecular weight excluding hydrogens is 432 g/mol. The number of aromatic nitrogens is 1. The van der Waals surface area contributed by atoms with Crippen molar-refractivity contribution in [1.29, 1.82) is 0 Å². The smallest absolute Gasteiger partial charge is 0.239 e. The Morgan fingerprint density at radius 3 is 2.61 bits per heavy atom. The summed E-state index contributed by atoms with van der Waals surface area (Å²) >= 11 is 0. The number of aliphatic hydroxyl groups excluding tert-OH is 2. The minimum Gasteiger partial charge on any atom is -0.390 e. The molecule has 3 heterocycles. The molecule has 1 saturated carbocycles. The van der Waals surface area contributed by atoms with Crippen LogP contribution in [0.1, 0.15) is 25.3 Å². The van der Waals surface area contributed by atoms with Crippen molar-refractivity contribution in [2.75, 3.05) is 14.1 Å². The van der Waals surface area contributed by atoms with Crippen molar-refractivity contribution in [1.82, 2.24) is 20.9 Å². The van der Waals surface area contributed by atoms with Crippen LogP contribution >= 0.6 is 0 Å². The van der Waals surface area contributed by atoms with E-state index < -0.39 is 54.6 Å². The number of hydrogen-bond donors (Lipinski definition) is 6. The molecule has 3 aliphatic rings. The zero-order chi connectivity index (χ0) is 23.8. The first-order valence-electron chi connectivity index (χ1n) is 11.4. The average Bonchev–Trinajstić information content (AvgIpc) is 2.79. The second-order valence-corrected chi connectivity index (χ2v) is 9.04. The Balaban J connectivity index is 1.51. The first-order valence-corrected chi connectivity index (χ1v) is 11.4. The Labute approximate surface area is 192 Å². The van der Waals surface area contributed by atoms with E-state index in [2.05, 4.69) is 20.9 Å². The lowest BCUT2D eigenvalue weighted by molar-refractivity contribution is -0.449. The topological polar surface area (TPSA) is 154 Å². The van der Waals surface area contributed by atoms with Crippen molar-refractivity contribution < 1.29 is 34.3 Å². The summed E-state index contributed by atoms with van der Waals surface area (Å²) in [6.45, 7) is 1.82. The van der Waals surface area contributed by atoms with Crippen LogP contribution in [0.3, 0.4) is 0 Å². The van der Waals surface area contributed by atoms with Crippen LogP contribution in [0.2, 0.25) is 0 Å². The van der Waals surface area contributed by atoms with Crippen LogP contribution in [-0.2, 0) is 25.4 Å². The van der Waals surface area contributed by atoms with Gasteiger partial charge in [0.15, 0.2) is 0 Å². The minimum absolute atomic E-state index is 0.214. The van der Waals surface area contributed by atoms with Crippen molar-refractivity contribution >= 4 is 5.91 Å². The lowest BCUT2D eigenvalue weighted by Gasteiger charge is -2.58. The van der Waals surface area contributed by atoms with Gasteiger partial charge in [-0.2, -0.15) is 0 Å². The molecule has 0 radical (unpaired) electrons. The van der Waals surface area contributed by atoms with Crippen molar-refractivity contribution in [3.63, 3.8) is 0 Å². The van der Waals surface area contributed by atoms with E-state index in [9.17, 15) is 20.1 Å². The summed E-state index contributed by atoms with van der Waals surface area (Å²) in [6, 6.07) is 1.61. The highest BCUT2D eigenvalue weighted by atomic mass is 16.8. The molecule has 0 bridgehead atoms. The second kappa shape index (κ2) is 9.88. The molecule has 6 N–H and O–H groups in total. The highest BCUT2D eigenvalue weighted by molar-refractivity contribution is 5.76. The molecule has 10 atom stereocenters. The third-order valence-electron chi connectivity index (χ3n) is 6.85. The van der Waals surface area contributed by atoms with Gasteiger partial charge in [0.2, 0.25) is 18.0 Å². The van der Waals surface area contributed by atoms with Gasteiger partial charge in [0.25, 0.3) is 0 Å². The Morgan fingerprint density at radius 1 is 1.18 bits per heavy atom. The van der Waals surface area contributed by atoms with E-state index in [0.29, 0.717) is 12.8 Å². The van der Waals surface area contributed by atoms with Gasteiger partial charge < -0.3 is 45.5 Å². The quantitative estimate of drug-likeness (QED) is 0.278. The maximum absolute atomic E-state index is 12.7. The van der Waals surface area contributed by atoms with E-state index in [1.165, 1.54) is 0 Å². The van der Waals surface area contributed by atoms with Gasteiger partial charge in [-0.3, -0.25) is 9.78 Å². The summed E-state index contributed by atoms with van der Waals surface area (Å²) in [7, 11) is 3.30. The number of rotatable bonds is 6. The number of carbonyl (C=O) groups excluding carboxylic acids is 1. The Hall–Kier alpha value is -1.70. The standard InChI is InChI=1S/C22H34N4O7/c1-11-9-13(26-14(27)7-6-12-5-4-8-25-10-12)22(30)21(31-11)32-20-18(29)15(23-2)17(28)16(24-3)19(20)33-22/h4-5,8,10-11,13,15-21,23-24,28-30H,6-7,9H2,1-3H3,(H,26,27)/t11-,13-,15-,16+,17+,18-,19?,20?,21?,22+/m1/s1. The number of aryl methyl sites for hydroxylation is 1. The van der Waals surface area contributed by atoms with Gasteiger partial charge in [-0.1, -0.05) is 6.07 Å². The maximum atomic E-state index is 12.7. The third-order valence-corrected chi connectivity index (χ3v) is 6.85. The number of aliphatic hydroxyl groups is 3. The Morgan fingerprint density at radius 2 is 1.94 bits per heavy atom. The van der Waals surface area contributed by atoms with Crippen LogP contribution in [-0.4, -0.2) is 101 Å². The number of amides is 1. The first-order chi connectivity index (χ1) is 15.8. The first kappa shape index (κ1) is 24.4. The van der Waals surface area contributed by atoms with Crippen LogP contribution in [0.25, 0.3) is 0 Å². The number of ether oxygens (including phenoxy) is 3. The zero-order valence-electron chi connectivity index (χ0n) is 19.0. The highest BCUT2D eigenvalue weighted by Crippen LogP contribution is 2.41. The third kappa shape index (κ3) is 4.64. The molecule has 2 aliphatic heterocycles. The Kier molecular flexibility index (Phi) is 7.32.